The van der Waals surface area contributed by atoms with E-state index in [1.807, 2.05) is 36.4 Å². The van der Waals surface area contributed by atoms with Crippen LogP contribution in [0.3, 0.4) is 0 Å². The van der Waals surface area contributed by atoms with Crippen molar-refractivity contribution in [3.8, 4) is 6.07 Å². The van der Waals surface area contributed by atoms with Crippen molar-refractivity contribution in [2.24, 2.45) is 0 Å². The van der Waals surface area contributed by atoms with Crippen LogP contribution in [-0.4, -0.2) is 11.7 Å². The molecule has 0 bridgehead atoms. The number of nitrogens with zero attached hydrogens (tertiary/aromatic N) is 1. The van der Waals surface area contributed by atoms with Crippen LogP contribution in [0.15, 0.2) is 64.2 Å². The van der Waals surface area contributed by atoms with Crippen molar-refractivity contribution < 1.29 is 5.11 Å². The zero-order valence-electron chi connectivity index (χ0n) is 13.2. The summed E-state index contributed by atoms with van der Waals surface area (Å²) in [6.45, 7) is -0.223. The first-order valence-corrected chi connectivity index (χ1v) is 7.67. The average Bonchev–Trinajstić information content (AvgIpc) is 2.68. The molecule has 1 unspecified atom stereocenters. The Morgan fingerprint density at radius 2 is 1.60 bits per heavy atom. The number of rotatable bonds is 6. The first-order chi connectivity index (χ1) is 12.1. The largest absolute Gasteiger partial charge is 0.394 e. The summed E-state index contributed by atoms with van der Waals surface area (Å²) in [6.07, 6.45) is 0. The van der Waals surface area contributed by atoms with Gasteiger partial charge >= 0.3 is 0 Å². The Kier molecular flexibility index (Phi) is 4.59. The molecule has 3 rings (SSSR count). The van der Waals surface area contributed by atoms with Crippen LogP contribution in [-0.2, 0) is 0 Å². The topological polar surface area (TPSA) is 102 Å². The highest BCUT2D eigenvalue weighted by Gasteiger charge is 2.24. The highest BCUT2D eigenvalue weighted by Crippen LogP contribution is 2.25. The van der Waals surface area contributed by atoms with Gasteiger partial charge < -0.3 is 15.7 Å². The highest BCUT2D eigenvalue weighted by molar-refractivity contribution is 5.79. The quantitative estimate of drug-likeness (QED) is 0.597. The summed E-state index contributed by atoms with van der Waals surface area (Å²) < 4.78 is 0. The summed E-state index contributed by atoms with van der Waals surface area (Å²) in [5.41, 5.74) is 0.971. The Morgan fingerprint density at radius 1 is 0.960 bits per heavy atom. The van der Waals surface area contributed by atoms with E-state index in [2.05, 4.69) is 10.6 Å². The summed E-state index contributed by atoms with van der Waals surface area (Å²) >= 11 is 0. The first-order valence-electron chi connectivity index (χ1n) is 7.67. The summed E-state index contributed by atoms with van der Waals surface area (Å²) in [6, 6.07) is 17.2. The molecule has 6 nitrogen and oxygen atoms in total. The van der Waals surface area contributed by atoms with Crippen LogP contribution in [0.5, 0.6) is 0 Å². The molecule has 25 heavy (non-hydrogen) atoms. The van der Waals surface area contributed by atoms with Crippen LogP contribution in [0.1, 0.15) is 17.2 Å². The van der Waals surface area contributed by atoms with Crippen molar-refractivity contribution in [2.75, 3.05) is 17.2 Å². The minimum absolute atomic E-state index is 0.150. The fourth-order valence-electron chi connectivity index (χ4n) is 2.52. The standard InChI is InChI=1S/C19H15N3O3/c20-10-12-6-8-14(9-7-12)21-16-17(19(25)18(16)24)22-15(11-23)13-4-2-1-3-5-13/h1-9,15,21-23H,11H2. The highest BCUT2D eigenvalue weighted by atomic mass is 16.3. The maximum Gasteiger partial charge on any atom is 0.253 e. The molecule has 6 heteroatoms. The van der Waals surface area contributed by atoms with Gasteiger partial charge in [-0.05, 0) is 29.8 Å². The molecule has 0 amide bonds. The van der Waals surface area contributed by atoms with Gasteiger partial charge in [-0.3, -0.25) is 9.59 Å². The van der Waals surface area contributed by atoms with Gasteiger partial charge in [-0.1, -0.05) is 30.3 Å². The lowest BCUT2D eigenvalue weighted by Crippen LogP contribution is -2.37. The zero-order valence-corrected chi connectivity index (χ0v) is 13.2. The van der Waals surface area contributed by atoms with Crippen LogP contribution < -0.4 is 21.5 Å². The van der Waals surface area contributed by atoms with E-state index in [0.29, 0.717) is 11.3 Å². The number of nitriles is 1. The van der Waals surface area contributed by atoms with Crippen LogP contribution >= 0.6 is 0 Å². The van der Waals surface area contributed by atoms with E-state index in [1.165, 1.54) is 0 Å². The van der Waals surface area contributed by atoms with Gasteiger partial charge in [0, 0.05) is 5.69 Å². The molecule has 3 N–H and O–H groups in total. The third-order valence-corrected chi connectivity index (χ3v) is 3.90. The Bertz CT molecular complexity index is 982. The van der Waals surface area contributed by atoms with Gasteiger partial charge in [0.25, 0.3) is 10.9 Å². The van der Waals surface area contributed by atoms with Gasteiger partial charge in [-0.25, -0.2) is 0 Å². The molecule has 0 saturated carbocycles. The second kappa shape index (κ2) is 6.99. The van der Waals surface area contributed by atoms with Crippen LogP contribution in [0.4, 0.5) is 17.1 Å². The molecule has 3 aromatic rings. The number of anilines is 3. The average molecular weight is 333 g/mol. The lowest BCUT2D eigenvalue weighted by atomic mass is 10.1. The van der Waals surface area contributed by atoms with Gasteiger partial charge in [0.2, 0.25) is 0 Å². The Labute approximate surface area is 143 Å². The summed E-state index contributed by atoms with van der Waals surface area (Å²) in [4.78, 5) is 23.8. The number of nitrogens with one attached hydrogen (secondary N) is 2. The first kappa shape index (κ1) is 16.4. The van der Waals surface area contributed by atoms with Gasteiger partial charge in [0.1, 0.15) is 11.4 Å². The molecule has 0 aliphatic heterocycles. The zero-order chi connectivity index (χ0) is 17.8. The van der Waals surface area contributed by atoms with E-state index >= 15 is 0 Å². The van der Waals surface area contributed by atoms with Gasteiger partial charge in [0.15, 0.2) is 0 Å². The van der Waals surface area contributed by atoms with E-state index in [4.69, 9.17) is 5.26 Å². The molecule has 0 aromatic heterocycles. The predicted octanol–water partition coefficient (Wildman–Crippen LogP) is 2.04. The van der Waals surface area contributed by atoms with Crippen LogP contribution in [0, 0.1) is 11.3 Å². The van der Waals surface area contributed by atoms with Crippen LogP contribution in [0.2, 0.25) is 0 Å². The van der Waals surface area contributed by atoms with Gasteiger partial charge in [-0.2, -0.15) is 5.26 Å². The maximum absolute atomic E-state index is 11.9. The van der Waals surface area contributed by atoms with Crippen molar-refractivity contribution in [3.63, 3.8) is 0 Å². The molecule has 0 fully saturated rings. The normalized spacial score (nSPS) is 11.7. The fourth-order valence-corrected chi connectivity index (χ4v) is 2.52. The third-order valence-electron chi connectivity index (χ3n) is 3.90. The van der Waals surface area contributed by atoms with Crippen molar-refractivity contribution in [2.45, 2.75) is 6.04 Å². The smallest absolute Gasteiger partial charge is 0.253 e. The summed E-state index contributed by atoms with van der Waals surface area (Å²) in [5, 5.41) is 24.2. The number of aliphatic hydroxyl groups excluding tert-OH is 1. The molecular formula is C19H15N3O3. The SMILES string of the molecule is N#Cc1ccc(Nc2c(NC(CO)c3ccccc3)c(=O)c2=O)cc1. The molecule has 0 aliphatic carbocycles. The monoisotopic (exact) mass is 333 g/mol. The number of aliphatic hydroxyl groups is 1. The van der Waals surface area contributed by atoms with E-state index in [0.717, 1.165) is 5.56 Å². The van der Waals surface area contributed by atoms with Crippen molar-refractivity contribution in [3.05, 3.63) is 86.2 Å². The minimum Gasteiger partial charge on any atom is -0.394 e. The van der Waals surface area contributed by atoms with Gasteiger partial charge in [0.05, 0.1) is 24.3 Å². The third kappa shape index (κ3) is 3.27. The molecule has 124 valence electrons. The molecule has 0 spiro atoms. The second-order valence-electron chi connectivity index (χ2n) is 5.51. The molecule has 0 saturated heterocycles. The number of hydrogen-bond donors (Lipinski definition) is 3. The van der Waals surface area contributed by atoms with E-state index < -0.39 is 16.9 Å². The lowest BCUT2D eigenvalue weighted by Gasteiger charge is -2.21. The number of benzene rings is 2. The van der Waals surface area contributed by atoms with Crippen LogP contribution in [0.25, 0.3) is 0 Å². The fraction of sp³-hybridized carbons (Fsp3) is 0.105. The van der Waals surface area contributed by atoms with Crippen molar-refractivity contribution in [1.29, 1.82) is 5.26 Å². The van der Waals surface area contributed by atoms with E-state index in [1.54, 1.807) is 24.3 Å². The van der Waals surface area contributed by atoms with Crippen molar-refractivity contribution >= 4 is 17.1 Å². The Balaban J connectivity index is 1.83. The molecule has 0 radical (unpaired) electrons. The van der Waals surface area contributed by atoms with E-state index in [9.17, 15) is 14.7 Å². The molecule has 1 atom stereocenters. The molecule has 3 aromatic carbocycles. The van der Waals surface area contributed by atoms with E-state index in [-0.39, 0.29) is 18.0 Å². The van der Waals surface area contributed by atoms with Crippen molar-refractivity contribution in [1.82, 2.24) is 0 Å². The number of hydrogen-bond acceptors (Lipinski definition) is 6. The Morgan fingerprint density at radius 3 is 2.20 bits per heavy atom. The lowest BCUT2D eigenvalue weighted by molar-refractivity contribution is 0.276. The summed E-state index contributed by atoms with van der Waals surface area (Å²) in [7, 11) is 0. The summed E-state index contributed by atoms with van der Waals surface area (Å²) in [5.74, 6) is 0. The minimum atomic E-state index is -0.620. The maximum atomic E-state index is 11.9. The second-order valence-corrected chi connectivity index (χ2v) is 5.51. The predicted molar refractivity (Wildman–Crippen MR) is 95.7 cm³/mol. The molecule has 0 heterocycles. The molecule has 0 aliphatic rings. The molecular weight excluding hydrogens is 318 g/mol. The Hall–Kier alpha value is -3.43. The van der Waals surface area contributed by atoms with Gasteiger partial charge in [-0.15, -0.1) is 0 Å².